The largest absolute Gasteiger partial charge is 0.355 e. The fourth-order valence-corrected chi connectivity index (χ4v) is 3.75. The number of amides is 3. The van der Waals surface area contributed by atoms with Crippen molar-refractivity contribution in [3.05, 3.63) is 69.2 Å². The van der Waals surface area contributed by atoms with Crippen LogP contribution in [0.4, 0.5) is 0 Å². The Hall–Kier alpha value is -2.90. The van der Waals surface area contributed by atoms with Crippen molar-refractivity contribution in [3.63, 3.8) is 0 Å². The fraction of sp³-hybridized carbons (Fsp3) is 0.200. The van der Waals surface area contributed by atoms with E-state index in [4.69, 9.17) is 28.0 Å². The molecule has 0 spiro atoms. The summed E-state index contributed by atoms with van der Waals surface area (Å²) in [5.41, 5.74) is 0.612. The molecule has 0 N–H and O–H groups in total. The summed E-state index contributed by atoms with van der Waals surface area (Å²) in [4.78, 5) is 56.8. The molecule has 0 saturated carbocycles. The molecule has 1 unspecified atom stereocenters. The Labute approximate surface area is 175 Å². The van der Waals surface area contributed by atoms with Crippen LogP contribution in [-0.2, 0) is 9.63 Å². The molecule has 0 radical (unpaired) electrons. The Morgan fingerprint density at radius 3 is 2.24 bits per heavy atom. The van der Waals surface area contributed by atoms with Gasteiger partial charge in [0.05, 0.1) is 21.2 Å². The molecule has 3 amide bonds. The Morgan fingerprint density at radius 2 is 1.62 bits per heavy atom. The Balaban J connectivity index is 1.51. The van der Waals surface area contributed by atoms with Crippen LogP contribution in [0.2, 0.25) is 10.0 Å². The molecule has 9 heteroatoms. The van der Waals surface area contributed by atoms with Crippen LogP contribution in [0.3, 0.4) is 0 Å². The minimum Gasteiger partial charge on any atom is -0.327 e. The lowest BCUT2D eigenvalue weighted by Crippen LogP contribution is -2.44. The maximum absolute atomic E-state index is 12.8. The van der Waals surface area contributed by atoms with Crippen LogP contribution in [0, 0.1) is 0 Å². The molecule has 7 nitrogen and oxygen atoms in total. The Bertz CT molecular complexity index is 1020. The van der Waals surface area contributed by atoms with Gasteiger partial charge in [-0.1, -0.05) is 40.4 Å². The van der Waals surface area contributed by atoms with Crippen molar-refractivity contribution in [1.82, 2.24) is 9.96 Å². The van der Waals surface area contributed by atoms with E-state index >= 15 is 0 Å². The summed E-state index contributed by atoms with van der Waals surface area (Å²) in [6, 6.07) is 9.73. The summed E-state index contributed by atoms with van der Waals surface area (Å²) < 4.78 is 0. The van der Waals surface area contributed by atoms with Gasteiger partial charge in [-0.25, -0.2) is 4.79 Å². The van der Waals surface area contributed by atoms with E-state index in [2.05, 4.69) is 0 Å². The first-order valence-corrected chi connectivity index (χ1v) is 9.59. The van der Waals surface area contributed by atoms with E-state index in [1.54, 1.807) is 12.1 Å². The zero-order chi connectivity index (χ0) is 20.7. The van der Waals surface area contributed by atoms with Crippen LogP contribution in [0.5, 0.6) is 0 Å². The molecule has 1 fully saturated rings. The van der Waals surface area contributed by atoms with Gasteiger partial charge in [-0.05, 0) is 43.2 Å². The number of carbonyl (C=O) groups excluding carboxylic acids is 4. The highest BCUT2D eigenvalue weighted by atomic mass is 35.5. The van der Waals surface area contributed by atoms with E-state index in [1.165, 1.54) is 35.2 Å². The summed E-state index contributed by atoms with van der Waals surface area (Å²) >= 11 is 11.9. The normalized spacial score (nSPS) is 18.2. The number of rotatable bonds is 3. The maximum atomic E-state index is 12.8. The summed E-state index contributed by atoms with van der Waals surface area (Å²) in [5, 5.41) is 0.987. The average Bonchev–Trinajstić information content (AvgIpc) is 3.30. The van der Waals surface area contributed by atoms with Crippen LogP contribution in [0.1, 0.15) is 43.9 Å². The fourth-order valence-electron chi connectivity index (χ4n) is 3.45. The highest BCUT2D eigenvalue weighted by Crippen LogP contribution is 2.28. The molecule has 29 heavy (non-hydrogen) atoms. The van der Waals surface area contributed by atoms with Crippen molar-refractivity contribution in [3.8, 4) is 0 Å². The van der Waals surface area contributed by atoms with Crippen LogP contribution in [-0.4, -0.2) is 46.2 Å². The minimum atomic E-state index is -0.915. The van der Waals surface area contributed by atoms with Crippen molar-refractivity contribution in [2.75, 3.05) is 6.54 Å². The Morgan fingerprint density at radius 1 is 0.966 bits per heavy atom. The summed E-state index contributed by atoms with van der Waals surface area (Å²) in [7, 11) is 0. The quantitative estimate of drug-likeness (QED) is 0.694. The zero-order valence-electron chi connectivity index (χ0n) is 14.9. The molecule has 148 valence electrons. The van der Waals surface area contributed by atoms with E-state index in [0.29, 0.717) is 29.5 Å². The van der Waals surface area contributed by atoms with E-state index in [-0.39, 0.29) is 21.7 Å². The number of halogens is 2. The second kappa shape index (κ2) is 7.50. The standard InChI is InChI=1S/C20H14Cl2N2O5/c21-14-8-7-11(10-15(14)22)17(25)23-9-3-6-16(23)20(28)29-24-18(26)12-4-1-2-5-13(12)19(24)27/h1-2,4-5,7-8,10,16H,3,6,9H2. The summed E-state index contributed by atoms with van der Waals surface area (Å²) in [5.74, 6) is -2.67. The number of hydrogen-bond donors (Lipinski definition) is 0. The molecule has 2 aliphatic rings. The van der Waals surface area contributed by atoms with Gasteiger partial charge < -0.3 is 9.74 Å². The molecule has 2 aliphatic heterocycles. The van der Waals surface area contributed by atoms with Crippen LogP contribution in [0.25, 0.3) is 0 Å². The van der Waals surface area contributed by atoms with Gasteiger partial charge in [-0.15, -0.1) is 0 Å². The van der Waals surface area contributed by atoms with Crippen molar-refractivity contribution < 1.29 is 24.0 Å². The highest BCUT2D eigenvalue weighted by molar-refractivity contribution is 6.42. The topological polar surface area (TPSA) is 84.0 Å². The lowest BCUT2D eigenvalue weighted by molar-refractivity contribution is -0.173. The molecule has 2 heterocycles. The zero-order valence-corrected chi connectivity index (χ0v) is 16.4. The third-order valence-electron chi connectivity index (χ3n) is 4.89. The number of benzene rings is 2. The van der Waals surface area contributed by atoms with Gasteiger partial charge in [0.2, 0.25) is 0 Å². The van der Waals surface area contributed by atoms with Gasteiger partial charge >= 0.3 is 5.97 Å². The Kier molecular flexibility index (Phi) is 5.02. The first kappa shape index (κ1) is 19.4. The molecule has 1 atom stereocenters. The maximum Gasteiger partial charge on any atom is 0.355 e. The molecule has 2 aromatic carbocycles. The predicted octanol–water partition coefficient (Wildman–Crippen LogP) is 3.35. The first-order valence-electron chi connectivity index (χ1n) is 8.84. The van der Waals surface area contributed by atoms with Crippen LogP contribution >= 0.6 is 23.2 Å². The second-order valence-corrected chi connectivity index (χ2v) is 7.46. The van der Waals surface area contributed by atoms with E-state index in [0.717, 1.165) is 0 Å². The highest BCUT2D eigenvalue weighted by Gasteiger charge is 2.42. The van der Waals surface area contributed by atoms with Crippen molar-refractivity contribution in [2.45, 2.75) is 18.9 Å². The first-order chi connectivity index (χ1) is 13.9. The number of hydrogen-bond acceptors (Lipinski definition) is 5. The lowest BCUT2D eigenvalue weighted by atomic mass is 10.1. The predicted molar refractivity (Wildman–Crippen MR) is 104 cm³/mol. The molecule has 4 rings (SSSR count). The van der Waals surface area contributed by atoms with E-state index < -0.39 is 29.7 Å². The third-order valence-corrected chi connectivity index (χ3v) is 5.63. The van der Waals surface area contributed by atoms with Gasteiger partial charge in [-0.3, -0.25) is 14.4 Å². The van der Waals surface area contributed by atoms with Crippen LogP contribution in [0.15, 0.2) is 42.5 Å². The lowest BCUT2D eigenvalue weighted by Gasteiger charge is -2.24. The van der Waals surface area contributed by atoms with Gasteiger partial charge in [0, 0.05) is 12.1 Å². The van der Waals surface area contributed by atoms with Crippen LogP contribution < -0.4 is 0 Å². The monoisotopic (exact) mass is 432 g/mol. The van der Waals surface area contributed by atoms with Gasteiger partial charge in [-0.2, -0.15) is 0 Å². The molecule has 2 aromatic rings. The number of imide groups is 1. The molecule has 0 bridgehead atoms. The number of carbonyl (C=O) groups is 4. The van der Waals surface area contributed by atoms with Gasteiger partial charge in [0.1, 0.15) is 6.04 Å². The number of fused-ring (bicyclic) bond motifs is 1. The number of hydroxylamine groups is 2. The second-order valence-electron chi connectivity index (χ2n) is 6.65. The molecular weight excluding hydrogens is 419 g/mol. The van der Waals surface area contributed by atoms with Crippen molar-refractivity contribution in [1.29, 1.82) is 0 Å². The molecule has 0 aromatic heterocycles. The van der Waals surface area contributed by atoms with Gasteiger partial charge in [0.15, 0.2) is 0 Å². The SMILES string of the molecule is O=C(ON1C(=O)c2ccccc2C1=O)C1CCCN1C(=O)c1ccc(Cl)c(Cl)c1. The van der Waals surface area contributed by atoms with Gasteiger partial charge in [0.25, 0.3) is 17.7 Å². The molecule has 1 saturated heterocycles. The smallest absolute Gasteiger partial charge is 0.327 e. The molecule has 0 aliphatic carbocycles. The number of nitrogens with zero attached hydrogens (tertiary/aromatic N) is 2. The minimum absolute atomic E-state index is 0.167. The van der Waals surface area contributed by atoms with E-state index in [1.807, 2.05) is 0 Å². The van der Waals surface area contributed by atoms with Crippen molar-refractivity contribution >= 4 is 46.9 Å². The van der Waals surface area contributed by atoms with Crippen molar-refractivity contribution in [2.24, 2.45) is 0 Å². The molecular formula is C20H14Cl2N2O5. The summed E-state index contributed by atoms with van der Waals surface area (Å²) in [6.45, 7) is 0.334. The third kappa shape index (κ3) is 3.36. The van der Waals surface area contributed by atoms with E-state index in [9.17, 15) is 19.2 Å². The average molecular weight is 433 g/mol. The summed E-state index contributed by atoms with van der Waals surface area (Å²) in [6.07, 6.45) is 0.935. The number of likely N-dealkylation sites (tertiary alicyclic amines) is 1.